The Bertz CT molecular complexity index is 343. The molecule has 0 spiro atoms. The van der Waals surface area contributed by atoms with E-state index in [1.807, 2.05) is 24.3 Å². The molecule has 0 fully saturated rings. The van der Waals surface area contributed by atoms with E-state index in [-0.39, 0.29) is 0 Å². The first-order valence-corrected chi connectivity index (χ1v) is 7.27. The molecule has 0 saturated carbocycles. The zero-order chi connectivity index (χ0) is 14.1. The number of benzene rings is 1. The Balaban J connectivity index is 2.36. The molecule has 0 aliphatic heterocycles. The van der Waals surface area contributed by atoms with Gasteiger partial charge in [0.2, 0.25) is 0 Å². The maximum atomic E-state index is 5.86. The molecule has 108 valence electrons. The van der Waals surface area contributed by atoms with Crippen molar-refractivity contribution >= 4 is 17.3 Å². The van der Waals surface area contributed by atoms with E-state index in [1.54, 1.807) is 7.11 Å². The van der Waals surface area contributed by atoms with E-state index < -0.39 is 0 Å². The van der Waals surface area contributed by atoms with Crippen LogP contribution in [-0.4, -0.2) is 44.3 Å². The van der Waals surface area contributed by atoms with Crippen LogP contribution in [0.4, 0.5) is 5.69 Å². The van der Waals surface area contributed by atoms with Crippen molar-refractivity contribution in [2.45, 2.75) is 26.3 Å². The number of hydrogen-bond acceptors (Lipinski definition) is 3. The summed E-state index contributed by atoms with van der Waals surface area (Å²) in [6.07, 6.45) is 1.16. The minimum Gasteiger partial charge on any atom is -0.384 e. The van der Waals surface area contributed by atoms with Crippen molar-refractivity contribution in [3.05, 3.63) is 29.3 Å². The quantitative estimate of drug-likeness (QED) is 0.751. The zero-order valence-corrected chi connectivity index (χ0v) is 12.9. The van der Waals surface area contributed by atoms with Gasteiger partial charge >= 0.3 is 0 Å². The second kappa shape index (κ2) is 9.18. The smallest absolute Gasteiger partial charge is 0.0589 e. The predicted octanol–water partition coefficient (Wildman–Crippen LogP) is 3.50. The lowest BCUT2D eigenvalue weighted by molar-refractivity contribution is 0.126. The van der Waals surface area contributed by atoms with Gasteiger partial charge in [-0.2, -0.15) is 0 Å². The van der Waals surface area contributed by atoms with Crippen molar-refractivity contribution < 1.29 is 4.74 Å². The molecule has 0 radical (unpaired) electrons. The van der Waals surface area contributed by atoms with Gasteiger partial charge in [0.05, 0.1) is 6.61 Å². The maximum absolute atomic E-state index is 5.86. The summed E-state index contributed by atoms with van der Waals surface area (Å²) in [4.78, 5) is 2.45. The van der Waals surface area contributed by atoms with E-state index in [2.05, 4.69) is 24.1 Å². The molecule has 1 N–H and O–H groups in total. The third-order valence-electron chi connectivity index (χ3n) is 3.37. The highest BCUT2D eigenvalue weighted by atomic mass is 35.5. The minimum absolute atomic E-state index is 0.585. The topological polar surface area (TPSA) is 24.5 Å². The van der Waals surface area contributed by atoms with Crippen LogP contribution in [0, 0.1) is 0 Å². The van der Waals surface area contributed by atoms with Gasteiger partial charge in [-0.05, 0) is 37.6 Å². The van der Waals surface area contributed by atoms with Crippen LogP contribution in [0.2, 0.25) is 5.02 Å². The van der Waals surface area contributed by atoms with Crippen molar-refractivity contribution in [1.29, 1.82) is 0 Å². The molecule has 1 atom stereocenters. The number of hydrogen-bond donors (Lipinski definition) is 1. The van der Waals surface area contributed by atoms with Crippen molar-refractivity contribution in [2.24, 2.45) is 0 Å². The summed E-state index contributed by atoms with van der Waals surface area (Å²) < 4.78 is 5.17. The first-order chi connectivity index (χ1) is 9.17. The summed E-state index contributed by atoms with van der Waals surface area (Å²) in [5, 5.41) is 4.19. The molecular formula is C15H25ClN2O. The molecule has 4 heteroatoms. The summed E-state index contributed by atoms with van der Waals surface area (Å²) >= 11 is 5.86. The first kappa shape index (κ1) is 16.3. The van der Waals surface area contributed by atoms with Crippen LogP contribution in [0.25, 0.3) is 0 Å². The lowest BCUT2D eigenvalue weighted by Gasteiger charge is -2.28. The number of rotatable bonds is 9. The average Bonchev–Trinajstić information content (AvgIpc) is 2.43. The molecule has 0 aromatic heterocycles. The van der Waals surface area contributed by atoms with Crippen LogP contribution in [-0.2, 0) is 4.74 Å². The molecule has 1 rings (SSSR count). The number of nitrogens with one attached hydrogen (secondary N) is 1. The minimum atomic E-state index is 0.585. The fourth-order valence-corrected chi connectivity index (χ4v) is 2.06. The van der Waals surface area contributed by atoms with E-state index in [0.717, 1.165) is 43.4 Å². The molecule has 1 unspecified atom stereocenters. The van der Waals surface area contributed by atoms with Crippen molar-refractivity contribution in [3.63, 3.8) is 0 Å². The Morgan fingerprint density at radius 3 is 2.53 bits per heavy atom. The molecule has 0 saturated heterocycles. The average molecular weight is 285 g/mol. The number of halogens is 1. The monoisotopic (exact) mass is 284 g/mol. The lowest BCUT2D eigenvalue weighted by Crippen LogP contribution is -2.38. The van der Waals surface area contributed by atoms with Crippen LogP contribution >= 0.6 is 11.6 Å². The molecule has 1 aromatic carbocycles. The molecule has 3 nitrogen and oxygen atoms in total. The normalized spacial score (nSPS) is 12.7. The van der Waals surface area contributed by atoms with Crippen LogP contribution in [0.3, 0.4) is 0 Å². The van der Waals surface area contributed by atoms with Crippen molar-refractivity contribution in [2.75, 3.05) is 38.7 Å². The van der Waals surface area contributed by atoms with Gasteiger partial charge in [-0.15, -0.1) is 0 Å². The molecule has 0 amide bonds. The molecule has 0 heterocycles. The van der Waals surface area contributed by atoms with Gasteiger partial charge in [-0.3, -0.25) is 4.90 Å². The Morgan fingerprint density at radius 1 is 1.26 bits per heavy atom. The van der Waals surface area contributed by atoms with Gasteiger partial charge < -0.3 is 10.1 Å². The predicted molar refractivity (Wildman–Crippen MR) is 83.1 cm³/mol. The van der Waals surface area contributed by atoms with Crippen LogP contribution in [0.5, 0.6) is 0 Å². The summed E-state index contributed by atoms with van der Waals surface area (Å²) in [5.74, 6) is 0. The second-order valence-electron chi connectivity index (χ2n) is 4.72. The third kappa shape index (κ3) is 6.28. The fraction of sp³-hybridized carbons (Fsp3) is 0.600. The number of anilines is 1. The molecule has 0 aliphatic rings. The van der Waals surface area contributed by atoms with Gasteiger partial charge in [0.15, 0.2) is 0 Å². The first-order valence-electron chi connectivity index (χ1n) is 6.89. The highest BCUT2D eigenvalue weighted by Crippen LogP contribution is 2.13. The number of ether oxygens (including phenoxy) is 1. The number of methoxy groups -OCH3 is 1. The van der Waals surface area contributed by atoms with Gasteiger partial charge in [0.1, 0.15) is 0 Å². The molecular weight excluding hydrogens is 260 g/mol. The fourth-order valence-electron chi connectivity index (χ4n) is 1.93. The van der Waals surface area contributed by atoms with E-state index in [0.29, 0.717) is 6.04 Å². The zero-order valence-electron chi connectivity index (χ0n) is 12.2. The SMILES string of the molecule is CCC(C)N(CCNc1ccc(Cl)cc1)CCOC. The summed E-state index contributed by atoms with van der Waals surface area (Å²) in [6, 6.07) is 8.40. The van der Waals surface area contributed by atoms with E-state index in [9.17, 15) is 0 Å². The molecule has 19 heavy (non-hydrogen) atoms. The maximum Gasteiger partial charge on any atom is 0.0589 e. The Kier molecular flexibility index (Phi) is 7.87. The summed E-state index contributed by atoms with van der Waals surface area (Å²) in [7, 11) is 1.75. The van der Waals surface area contributed by atoms with Gasteiger partial charge in [0, 0.05) is 43.5 Å². The second-order valence-corrected chi connectivity index (χ2v) is 5.16. The van der Waals surface area contributed by atoms with Gasteiger partial charge in [0.25, 0.3) is 0 Å². The Labute approximate surface area is 121 Å². The largest absolute Gasteiger partial charge is 0.384 e. The summed E-state index contributed by atoms with van der Waals surface area (Å²) in [5.41, 5.74) is 1.11. The van der Waals surface area contributed by atoms with Gasteiger partial charge in [-0.25, -0.2) is 0 Å². The van der Waals surface area contributed by atoms with Crippen molar-refractivity contribution in [3.8, 4) is 0 Å². The highest BCUT2D eigenvalue weighted by Gasteiger charge is 2.10. The van der Waals surface area contributed by atoms with Crippen LogP contribution in [0.15, 0.2) is 24.3 Å². The molecule has 1 aromatic rings. The summed E-state index contributed by atoms with van der Waals surface area (Å²) in [6.45, 7) is 8.19. The molecule has 0 bridgehead atoms. The van der Waals surface area contributed by atoms with E-state index in [4.69, 9.17) is 16.3 Å². The van der Waals surface area contributed by atoms with Crippen LogP contribution in [0.1, 0.15) is 20.3 Å². The van der Waals surface area contributed by atoms with E-state index >= 15 is 0 Å². The Hall–Kier alpha value is -0.770. The lowest BCUT2D eigenvalue weighted by atomic mass is 10.2. The third-order valence-corrected chi connectivity index (χ3v) is 3.62. The van der Waals surface area contributed by atoms with Gasteiger partial charge in [-0.1, -0.05) is 18.5 Å². The Morgan fingerprint density at radius 2 is 1.95 bits per heavy atom. The van der Waals surface area contributed by atoms with Crippen molar-refractivity contribution in [1.82, 2.24) is 4.90 Å². The van der Waals surface area contributed by atoms with Crippen LogP contribution < -0.4 is 5.32 Å². The highest BCUT2D eigenvalue weighted by molar-refractivity contribution is 6.30. The standard InChI is InChI=1S/C15H25ClN2O/c1-4-13(2)18(11-12-19-3)10-9-17-15-7-5-14(16)6-8-15/h5-8,13,17H,4,9-12H2,1-3H3. The molecule has 0 aliphatic carbocycles. The van der Waals surface area contributed by atoms with E-state index in [1.165, 1.54) is 0 Å². The number of nitrogens with zero attached hydrogens (tertiary/aromatic N) is 1.